The number of rotatable bonds is 6. The zero-order valence-corrected chi connectivity index (χ0v) is 14.4. The van der Waals surface area contributed by atoms with E-state index < -0.39 is 6.10 Å². The number of benzene rings is 1. The van der Waals surface area contributed by atoms with Gasteiger partial charge in [0.25, 0.3) is 0 Å². The summed E-state index contributed by atoms with van der Waals surface area (Å²) >= 11 is 0. The first kappa shape index (κ1) is 18.3. The smallest absolute Gasteiger partial charge is 0.319 e. The lowest BCUT2D eigenvalue weighted by molar-refractivity contribution is 0.0154. The maximum absolute atomic E-state index is 12.0. The van der Waals surface area contributed by atoms with Crippen LogP contribution in [0.25, 0.3) is 0 Å². The molecule has 0 saturated carbocycles. The predicted molar refractivity (Wildman–Crippen MR) is 89.4 cm³/mol. The highest BCUT2D eigenvalue weighted by molar-refractivity contribution is 5.89. The molecule has 0 aliphatic rings. The number of methoxy groups -OCH3 is 1. The molecule has 1 aromatic carbocycles. The van der Waals surface area contributed by atoms with Gasteiger partial charge in [-0.05, 0) is 36.6 Å². The fourth-order valence-corrected chi connectivity index (χ4v) is 2.45. The molecule has 124 valence electrons. The number of anilines is 1. The second-order valence-corrected chi connectivity index (χ2v) is 6.67. The maximum atomic E-state index is 12.0. The third kappa shape index (κ3) is 4.91. The largest absolute Gasteiger partial charge is 0.496 e. The van der Waals surface area contributed by atoms with Crippen molar-refractivity contribution in [1.29, 1.82) is 0 Å². The topological polar surface area (TPSA) is 70.6 Å². The Morgan fingerprint density at radius 2 is 2.00 bits per heavy atom. The number of aliphatic hydroxyl groups excluding tert-OH is 1. The van der Waals surface area contributed by atoms with Gasteiger partial charge in [0.1, 0.15) is 5.75 Å². The average molecular weight is 308 g/mol. The lowest BCUT2D eigenvalue weighted by Gasteiger charge is -2.33. The third-order valence-corrected chi connectivity index (χ3v) is 3.79. The van der Waals surface area contributed by atoms with Gasteiger partial charge in [-0.15, -0.1) is 0 Å². The van der Waals surface area contributed by atoms with Gasteiger partial charge in [-0.2, -0.15) is 0 Å². The molecule has 0 aromatic heterocycles. The summed E-state index contributed by atoms with van der Waals surface area (Å²) in [6, 6.07) is 5.18. The van der Waals surface area contributed by atoms with Crippen LogP contribution in [0, 0.1) is 18.3 Å². The van der Waals surface area contributed by atoms with Crippen molar-refractivity contribution in [3.05, 3.63) is 23.8 Å². The number of hydrogen-bond donors (Lipinski definition) is 3. The van der Waals surface area contributed by atoms with Gasteiger partial charge in [0.2, 0.25) is 0 Å². The molecule has 0 bridgehead atoms. The van der Waals surface area contributed by atoms with Crippen LogP contribution in [-0.4, -0.2) is 30.9 Å². The van der Waals surface area contributed by atoms with Crippen molar-refractivity contribution in [2.45, 2.75) is 40.7 Å². The summed E-state index contributed by atoms with van der Waals surface area (Å²) in [7, 11) is 1.62. The second-order valence-electron chi connectivity index (χ2n) is 6.67. The molecule has 1 rings (SSSR count). The molecule has 0 fully saturated rings. The van der Waals surface area contributed by atoms with E-state index in [0.29, 0.717) is 12.2 Å². The highest BCUT2D eigenvalue weighted by Crippen LogP contribution is 2.25. The van der Waals surface area contributed by atoms with Crippen LogP contribution in [0.2, 0.25) is 0 Å². The van der Waals surface area contributed by atoms with Crippen molar-refractivity contribution in [2.24, 2.45) is 11.3 Å². The summed E-state index contributed by atoms with van der Waals surface area (Å²) in [4.78, 5) is 12.0. The summed E-state index contributed by atoms with van der Waals surface area (Å²) in [5, 5.41) is 15.8. The average Bonchev–Trinajstić information content (AvgIpc) is 2.44. The highest BCUT2D eigenvalue weighted by atomic mass is 16.5. The minimum absolute atomic E-state index is 0.143. The molecule has 5 heteroatoms. The summed E-state index contributed by atoms with van der Waals surface area (Å²) in [5.41, 5.74) is 1.27. The highest BCUT2D eigenvalue weighted by Gasteiger charge is 2.30. The molecule has 2 amide bonds. The van der Waals surface area contributed by atoms with E-state index in [9.17, 15) is 9.90 Å². The van der Waals surface area contributed by atoms with Gasteiger partial charge in [-0.3, -0.25) is 0 Å². The molecular weight excluding hydrogens is 280 g/mol. The van der Waals surface area contributed by atoms with Crippen LogP contribution in [0.5, 0.6) is 5.75 Å². The first-order chi connectivity index (χ1) is 10.2. The van der Waals surface area contributed by atoms with E-state index in [4.69, 9.17) is 4.74 Å². The zero-order valence-electron chi connectivity index (χ0n) is 14.4. The second kappa shape index (κ2) is 7.49. The van der Waals surface area contributed by atoms with Crippen LogP contribution >= 0.6 is 0 Å². The minimum Gasteiger partial charge on any atom is -0.496 e. The fourth-order valence-electron chi connectivity index (χ4n) is 2.45. The zero-order chi connectivity index (χ0) is 16.9. The monoisotopic (exact) mass is 308 g/mol. The Balaban J connectivity index is 2.58. The molecule has 22 heavy (non-hydrogen) atoms. The summed E-state index contributed by atoms with van der Waals surface area (Å²) < 4.78 is 5.19. The Hall–Kier alpha value is -1.75. The first-order valence-electron chi connectivity index (χ1n) is 7.55. The molecule has 0 aliphatic carbocycles. The van der Waals surface area contributed by atoms with Gasteiger partial charge in [-0.25, -0.2) is 4.79 Å². The summed E-state index contributed by atoms with van der Waals surface area (Å²) in [6.45, 7) is 10.1. The predicted octanol–water partition coefficient (Wildman–Crippen LogP) is 3.17. The fraction of sp³-hybridized carbons (Fsp3) is 0.588. The Morgan fingerprint density at radius 3 is 2.50 bits per heavy atom. The normalized spacial score (nSPS) is 12.9. The van der Waals surface area contributed by atoms with Gasteiger partial charge in [0.05, 0.1) is 13.2 Å². The Kier molecular flexibility index (Phi) is 6.23. The molecule has 0 aliphatic heterocycles. The molecule has 0 heterocycles. The van der Waals surface area contributed by atoms with Gasteiger partial charge in [0.15, 0.2) is 0 Å². The number of amides is 2. The van der Waals surface area contributed by atoms with Crippen molar-refractivity contribution < 1.29 is 14.6 Å². The van der Waals surface area contributed by atoms with Crippen LogP contribution in [0.4, 0.5) is 10.5 Å². The SMILES string of the molecule is COc1ccc(NC(=O)NCC(C)(C)C(O)C(C)C)cc1C. The van der Waals surface area contributed by atoms with Crippen molar-refractivity contribution in [3.8, 4) is 5.75 Å². The van der Waals surface area contributed by atoms with Crippen molar-refractivity contribution >= 4 is 11.7 Å². The van der Waals surface area contributed by atoms with Crippen LogP contribution in [0.3, 0.4) is 0 Å². The number of nitrogens with one attached hydrogen (secondary N) is 2. The van der Waals surface area contributed by atoms with E-state index in [1.54, 1.807) is 13.2 Å². The Bertz CT molecular complexity index is 513. The number of carbonyl (C=O) groups is 1. The maximum Gasteiger partial charge on any atom is 0.319 e. The van der Waals surface area contributed by atoms with Crippen LogP contribution in [0.15, 0.2) is 18.2 Å². The van der Waals surface area contributed by atoms with E-state index in [1.165, 1.54) is 0 Å². The number of aryl methyl sites for hydroxylation is 1. The Labute approximate surface area is 133 Å². The van der Waals surface area contributed by atoms with E-state index in [-0.39, 0.29) is 17.4 Å². The lowest BCUT2D eigenvalue weighted by atomic mass is 9.81. The van der Waals surface area contributed by atoms with E-state index in [2.05, 4.69) is 10.6 Å². The molecule has 1 unspecified atom stereocenters. The number of urea groups is 1. The first-order valence-corrected chi connectivity index (χ1v) is 7.55. The number of aliphatic hydroxyl groups is 1. The van der Waals surface area contributed by atoms with Gasteiger partial charge in [-0.1, -0.05) is 27.7 Å². The number of carbonyl (C=O) groups excluding carboxylic acids is 1. The number of hydrogen-bond acceptors (Lipinski definition) is 3. The van der Waals surface area contributed by atoms with Crippen LogP contribution in [-0.2, 0) is 0 Å². The molecular formula is C17H28N2O3. The van der Waals surface area contributed by atoms with Crippen LogP contribution < -0.4 is 15.4 Å². The molecule has 0 saturated heterocycles. The molecule has 5 nitrogen and oxygen atoms in total. The molecule has 0 spiro atoms. The van der Waals surface area contributed by atoms with E-state index >= 15 is 0 Å². The van der Waals surface area contributed by atoms with E-state index in [1.807, 2.05) is 46.8 Å². The third-order valence-electron chi connectivity index (χ3n) is 3.79. The minimum atomic E-state index is -0.476. The Morgan fingerprint density at radius 1 is 1.36 bits per heavy atom. The van der Waals surface area contributed by atoms with Crippen molar-refractivity contribution in [2.75, 3.05) is 19.0 Å². The van der Waals surface area contributed by atoms with Gasteiger partial charge >= 0.3 is 6.03 Å². The van der Waals surface area contributed by atoms with Gasteiger partial charge in [0, 0.05) is 17.6 Å². The van der Waals surface area contributed by atoms with E-state index in [0.717, 1.165) is 11.3 Å². The quantitative estimate of drug-likeness (QED) is 0.756. The lowest BCUT2D eigenvalue weighted by Crippen LogP contribution is -2.44. The van der Waals surface area contributed by atoms with Crippen LogP contribution in [0.1, 0.15) is 33.3 Å². The van der Waals surface area contributed by atoms with Gasteiger partial charge < -0.3 is 20.5 Å². The van der Waals surface area contributed by atoms with Crippen molar-refractivity contribution in [1.82, 2.24) is 5.32 Å². The molecule has 1 aromatic rings. The summed E-state index contributed by atoms with van der Waals surface area (Å²) in [6.07, 6.45) is -0.476. The molecule has 0 radical (unpaired) electrons. The van der Waals surface area contributed by atoms with Crippen molar-refractivity contribution in [3.63, 3.8) is 0 Å². The molecule has 3 N–H and O–H groups in total. The standard InChI is InChI=1S/C17H28N2O3/c1-11(2)15(20)17(4,5)10-18-16(21)19-13-7-8-14(22-6)12(3)9-13/h7-9,11,15,20H,10H2,1-6H3,(H2,18,19,21). The number of ether oxygens (including phenoxy) is 1. The summed E-state index contributed by atoms with van der Waals surface area (Å²) in [5.74, 6) is 0.927. The molecule has 1 atom stereocenters.